The fourth-order valence-electron chi connectivity index (χ4n) is 2.60. The smallest absolute Gasteiger partial charge is 0.214 e. The Morgan fingerprint density at radius 2 is 1.57 bits per heavy atom. The molecule has 0 saturated carbocycles. The molecule has 0 radical (unpaired) electrons. The van der Waals surface area contributed by atoms with Gasteiger partial charge in [-0.1, -0.05) is 42.0 Å². The molecule has 4 heteroatoms. The van der Waals surface area contributed by atoms with Crippen LogP contribution in [0.1, 0.15) is 11.1 Å². The molecule has 23 heavy (non-hydrogen) atoms. The van der Waals surface area contributed by atoms with Crippen LogP contribution < -0.4 is 0 Å². The van der Waals surface area contributed by atoms with Crippen molar-refractivity contribution in [3.63, 3.8) is 0 Å². The molecule has 0 heterocycles. The van der Waals surface area contributed by atoms with Crippen molar-refractivity contribution in [2.24, 2.45) is 0 Å². The lowest BCUT2D eigenvalue weighted by Crippen LogP contribution is -2.41. The van der Waals surface area contributed by atoms with Crippen LogP contribution in [0.2, 0.25) is 0 Å². The molecule has 1 aliphatic rings. The van der Waals surface area contributed by atoms with Gasteiger partial charge in [-0.3, -0.25) is 0 Å². The SMILES string of the molecule is COC1(OC)C=CC(OC)(OC)C(/C=C/c2cccc(C)c2)=C1. The molecular formula is C19H24O4. The molecule has 0 saturated heterocycles. The first-order valence-corrected chi connectivity index (χ1v) is 7.42. The average Bonchev–Trinajstić information content (AvgIpc) is 2.60. The van der Waals surface area contributed by atoms with Gasteiger partial charge in [0.1, 0.15) is 0 Å². The van der Waals surface area contributed by atoms with Crippen LogP contribution in [-0.4, -0.2) is 40.0 Å². The Kier molecular flexibility index (Phi) is 5.55. The molecule has 2 rings (SSSR count). The first-order chi connectivity index (χ1) is 11.0. The van der Waals surface area contributed by atoms with Crippen LogP contribution in [-0.2, 0) is 18.9 Å². The minimum absolute atomic E-state index is 0.801. The van der Waals surface area contributed by atoms with Gasteiger partial charge in [0.25, 0.3) is 0 Å². The second kappa shape index (κ2) is 7.23. The van der Waals surface area contributed by atoms with Crippen molar-refractivity contribution < 1.29 is 18.9 Å². The molecule has 1 aromatic carbocycles. The Balaban J connectivity index is 2.42. The van der Waals surface area contributed by atoms with Gasteiger partial charge in [-0.2, -0.15) is 0 Å². The zero-order valence-corrected chi connectivity index (χ0v) is 14.3. The molecule has 0 fully saturated rings. The van der Waals surface area contributed by atoms with Gasteiger partial charge >= 0.3 is 0 Å². The highest BCUT2D eigenvalue weighted by molar-refractivity contribution is 5.56. The third-order valence-electron chi connectivity index (χ3n) is 4.04. The Bertz CT molecular complexity index is 620. The Hall–Kier alpha value is -1.72. The summed E-state index contributed by atoms with van der Waals surface area (Å²) >= 11 is 0. The van der Waals surface area contributed by atoms with Crippen molar-refractivity contribution in [2.45, 2.75) is 18.5 Å². The van der Waals surface area contributed by atoms with E-state index in [1.165, 1.54) is 5.56 Å². The lowest BCUT2D eigenvalue weighted by atomic mass is 9.94. The first kappa shape index (κ1) is 17.6. The van der Waals surface area contributed by atoms with E-state index in [2.05, 4.69) is 19.1 Å². The summed E-state index contributed by atoms with van der Waals surface area (Å²) in [5.74, 6) is -1.88. The molecular weight excluding hydrogens is 292 g/mol. The number of methoxy groups -OCH3 is 4. The highest BCUT2D eigenvalue weighted by Gasteiger charge is 2.39. The maximum atomic E-state index is 5.60. The summed E-state index contributed by atoms with van der Waals surface area (Å²) in [6.07, 6.45) is 9.41. The average molecular weight is 316 g/mol. The predicted molar refractivity (Wildman–Crippen MR) is 90.9 cm³/mol. The van der Waals surface area contributed by atoms with Crippen LogP contribution in [0, 0.1) is 6.92 Å². The third kappa shape index (κ3) is 3.62. The van der Waals surface area contributed by atoms with Crippen molar-refractivity contribution in [2.75, 3.05) is 28.4 Å². The van der Waals surface area contributed by atoms with Gasteiger partial charge in [0.05, 0.1) is 0 Å². The lowest BCUT2D eigenvalue weighted by molar-refractivity contribution is -0.164. The van der Waals surface area contributed by atoms with Crippen molar-refractivity contribution in [3.8, 4) is 0 Å². The second-order valence-electron chi connectivity index (χ2n) is 5.39. The Morgan fingerprint density at radius 1 is 0.870 bits per heavy atom. The number of rotatable bonds is 6. The van der Waals surface area contributed by atoms with E-state index in [1.54, 1.807) is 40.6 Å². The number of hydrogen-bond donors (Lipinski definition) is 0. The zero-order valence-electron chi connectivity index (χ0n) is 14.3. The molecule has 4 nitrogen and oxygen atoms in total. The highest BCUT2D eigenvalue weighted by Crippen LogP contribution is 2.35. The van der Waals surface area contributed by atoms with E-state index in [4.69, 9.17) is 18.9 Å². The molecule has 0 aliphatic heterocycles. The van der Waals surface area contributed by atoms with Crippen molar-refractivity contribution in [3.05, 3.63) is 65.3 Å². The van der Waals surface area contributed by atoms with Crippen LogP contribution in [0.15, 0.2) is 54.1 Å². The minimum Gasteiger partial charge on any atom is -0.346 e. The summed E-state index contributed by atoms with van der Waals surface area (Å²) in [4.78, 5) is 0. The number of ether oxygens (including phenoxy) is 4. The quantitative estimate of drug-likeness (QED) is 0.595. The Labute approximate surface area is 138 Å². The molecule has 0 bridgehead atoms. The summed E-state index contributed by atoms with van der Waals surface area (Å²) in [5, 5.41) is 0. The summed E-state index contributed by atoms with van der Waals surface area (Å²) in [7, 11) is 6.40. The number of benzene rings is 1. The molecule has 0 atom stereocenters. The second-order valence-corrected chi connectivity index (χ2v) is 5.39. The summed E-state index contributed by atoms with van der Waals surface area (Å²) < 4.78 is 22.2. The van der Waals surface area contributed by atoms with Gasteiger partial charge in [0.15, 0.2) is 0 Å². The summed E-state index contributed by atoms with van der Waals surface area (Å²) in [6.45, 7) is 2.06. The van der Waals surface area contributed by atoms with E-state index in [1.807, 2.05) is 30.4 Å². The van der Waals surface area contributed by atoms with E-state index in [0.717, 1.165) is 11.1 Å². The molecule has 0 amide bonds. The van der Waals surface area contributed by atoms with Gasteiger partial charge in [-0.05, 0) is 30.7 Å². The zero-order chi connectivity index (χ0) is 16.9. The highest BCUT2D eigenvalue weighted by atomic mass is 16.7. The lowest BCUT2D eigenvalue weighted by Gasteiger charge is -2.37. The topological polar surface area (TPSA) is 36.9 Å². The van der Waals surface area contributed by atoms with Gasteiger partial charge in [-0.25, -0.2) is 0 Å². The number of aryl methyl sites for hydroxylation is 1. The van der Waals surface area contributed by atoms with Crippen molar-refractivity contribution in [1.29, 1.82) is 0 Å². The van der Waals surface area contributed by atoms with E-state index in [-0.39, 0.29) is 0 Å². The van der Waals surface area contributed by atoms with Gasteiger partial charge in [0.2, 0.25) is 11.6 Å². The van der Waals surface area contributed by atoms with Crippen LogP contribution in [0.5, 0.6) is 0 Å². The third-order valence-corrected chi connectivity index (χ3v) is 4.04. The Morgan fingerprint density at radius 3 is 2.13 bits per heavy atom. The van der Waals surface area contributed by atoms with Crippen LogP contribution >= 0.6 is 0 Å². The predicted octanol–water partition coefficient (Wildman–Crippen LogP) is 3.48. The molecule has 124 valence electrons. The number of hydrogen-bond acceptors (Lipinski definition) is 4. The fraction of sp³-hybridized carbons (Fsp3) is 0.368. The monoisotopic (exact) mass is 316 g/mol. The fourth-order valence-corrected chi connectivity index (χ4v) is 2.60. The molecule has 1 aromatic rings. The summed E-state index contributed by atoms with van der Waals surface area (Å²) in [5.41, 5.74) is 3.11. The van der Waals surface area contributed by atoms with E-state index in [9.17, 15) is 0 Å². The summed E-state index contributed by atoms with van der Waals surface area (Å²) in [6, 6.07) is 8.24. The van der Waals surface area contributed by atoms with E-state index >= 15 is 0 Å². The van der Waals surface area contributed by atoms with Gasteiger partial charge in [-0.15, -0.1) is 0 Å². The molecule has 0 unspecified atom stereocenters. The van der Waals surface area contributed by atoms with Gasteiger partial charge in [0, 0.05) is 34.0 Å². The van der Waals surface area contributed by atoms with Crippen molar-refractivity contribution in [1.82, 2.24) is 0 Å². The van der Waals surface area contributed by atoms with Crippen LogP contribution in [0.3, 0.4) is 0 Å². The minimum atomic E-state index is -0.957. The molecule has 1 aliphatic carbocycles. The molecule has 0 N–H and O–H groups in total. The largest absolute Gasteiger partial charge is 0.346 e. The standard InChI is InChI=1S/C19H24O4/c1-15-7-6-8-16(13-15)9-10-17-14-18(20-2,21-3)11-12-19(17,22-4)23-5/h6-14H,1-5H3/b10-9+. The first-order valence-electron chi connectivity index (χ1n) is 7.42. The van der Waals surface area contributed by atoms with Crippen LogP contribution in [0.4, 0.5) is 0 Å². The van der Waals surface area contributed by atoms with Crippen molar-refractivity contribution >= 4 is 6.08 Å². The van der Waals surface area contributed by atoms with Crippen LogP contribution in [0.25, 0.3) is 6.08 Å². The normalized spacial score (nSPS) is 19.1. The maximum Gasteiger partial charge on any atom is 0.214 e. The molecule has 0 spiro atoms. The van der Waals surface area contributed by atoms with E-state index in [0.29, 0.717) is 0 Å². The van der Waals surface area contributed by atoms with E-state index < -0.39 is 11.6 Å². The molecule has 0 aromatic heterocycles. The van der Waals surface area contributed by atoms with Gasteiger partial charge < -0.3 is 18.9 Å². The maximum absolute atomic E-state index is 5.60.